The van der Waals surface area contributed by atoms with Crippen molar-refractivity contribution in [2.24, 2.45) is 5.92 Å². The van der Waals surface area contributed by atoms with E-state index in [4.69, 9.17) is 4.74 Å². The molecule has 1 heterocycles. The molecule has 1 atom stereocenters. The van der Waals surface area contributed by atoms with Gasteiger partial charge in [-0.3, -0.25) is 4.79 Å². The van der Waals surface area contributed by atoms with Crippen LogP contribution in [0.15, 0.2) is 12.2 Å². The zero-order chi connectivity index (χ0) is 15.2. The highest BCUT2D eigenvalue weighted by Gasteiger charge is 2.29. The monoisotopic (exact) mass is 304 g/mol. The minimum Gasteiger partial charge on any atom is -0.375 e. The van der Waals surface area contributed by atoms with Crippen molar-refractivity contribution in [3.8, 4) is 0 Å². The van der Waals surface area contributed by atoms with Gasteiger partial charge in [0.1, 0.15) is 0 Å². The molecular weight excluding hydrogens is 280 g/mol. The number of sulfonamides is 1. The summed E-state index contributed by atoms with van der Waals surface area (Å²) in [7, 11) is -3.21. The number of amides is 1. The molecule has 1 rings (SSSR count). The molecule has 6 nitrogen and oxygen atoms in total. The SMILES string of the molecule is C=C(C)COCCNC(=O)C1CCCN(S(C)(=O)=O)C1. The van der Waals surface area contributed by atoms with Crippen LogP contribution in [0.1, 0.15) is 19.8 Å². The fourth-order valence-electron chi connectivity index (χ4n) is 2.09. The number of carbonyl (C=O) groups excluding carboxylic acids is 1. The first-order valence-electron chi connectivity index (χ1n) is 6.75. The molecule has 0 aliphatic carbocycles. The van der Waals surface area contributed by atoms with Crippen LogP contribution in [0.3, 0.4) is 0 Å². The first kappa shape index (κ1) is 17.1. The third kappa shape index (κ3) is 6.02. The summed E-state index contributed by atoms with van der Waals surface area (Å²) < 4.78 is 29.6. The summed E-state index contributed by atoms with van der Waals surface area (Å²) in [6.45, 7) is 7.72. The standard InChI is InChI=1S/C13H24N2O4S/c1-11(2)10-19-8-6-14-13(16)12-5-4-7-15(9-12)20(3,17)18/h12H,1,4-10H2,2-3H3,(H,14,16). The van der Waals surface area contributed by atoms with Gasteiger partial charge in [-0.05, 0) is 19.8 Å². The van der Waals surface area contributed by atoms with E-state index in [2.05, 4.69) is 11.9 Å². The lowest BCUT2D eigenvalue weighted by atomic mass is 9.99. The summed E-state index contributed by atoms with van der Waals surface area (Å²) in [4.78, 5) is 12.0. The second kappa shape index (κ2) is 7.75. The molecule has 7 heteroatoms. The van der Waals surface area contributed by atoms with Crippen molar-refractivity contribution >= 4 is 15.9 Å². The molecular formula is C13H24N2O4S. The Labute approximate surface area is 121 Å². The quantitative estimate of drug-likeness (QED) is 0.544. The Morgan fingerprint density at radius 3 is 2.80 bits per heavy atom. The van der Waals surface area contributed by atoms with Gasteiger partial charge in [-0.25, -0.2) is 12.7 Å². The molecule has 0 radical (unpaired) electrons. The van der Waals surface area contributed by atoms with Crippen LogP contribution in [-0.2, 0) is 19.6 Å². The molecule has 0 spiro atoms. The topological polar surface area (TPSA) is 75.7 Å². The van der Waals surface area contributed by atoms with Crippen LogP contribution in [0.25, 0.3) is 0 Å². The van der Waals surface area contributed by atoms with E-state index in [1.807, 2.05) is 6.92 Å². The maximum Gasteiger partial charge on any atom is 0.224 e. The Bertz CT molecular complexity index is 447. The predicted molar refractivity (Wildman–Crippen MR) is 77.8 cm³/mol. The van der Waals surface area contributed by atoms with E-state index in [0.29, 0.717) is 26.3 Å². The molecule has 116 valence electrons. The van der Waals surface area contributed by atoms with Gasteiger partial charge >= 0.3 is 0 Å². The molecule has 1 aliphatic heterocycles. The smallest absolute Gasteiger partial charge is 0.224 e. The summed E-state index contributed by atoms with van der Waals surface area (Å²) in [6.07, 6.45) is 2.63. The second-order valence-electron chi connectivity index (χ2n) is 5.26. The summed E-state index contributed by atoms with van der Waals surface area (Å²) in [5, 5.41) is 2.78. The van der Waals surface area contributed by atoms with E-state index in [9.17, 15) is 13.2 Å². The van der Waals surface area contributed by atoms with E-state index < -0.39 is 10.0 Å². The van der Waals surface area contributed by atoms with Crippen LogP contribution >= 0.6 is 0 Å². The summed E-state index contributed by atoms with van der Waals surface area (Å²) >= 11 is 0. The Balaban J connectivity index is 2.31. The maximum absolute atomic E-state index is 12.0. The van der Waals surface area contributed by atoms with Crippen LogP contribution in [0, 0.1) is 5.92 Å². The zero-order valence-electron chi connectivity index (χ0n) is 12.2. The van der Waals surface area contributed by atoms with Crippen LogP contribution < -0.4 is 5.32 Å². The first-order chi connectivity index (χ1) is 9.30. The van der Waals surface area contributed by atoms with Crippen LogP contribution in [0.4, 0.5) is 0 Å². The normalized spacial score (nSPS) is 20.6. The van der Waals surface area contributed by atoms with Gasteiger partial charge < -0.3 is 10.1 Å². The number of rotatable bonds is 7. The summed E-state index contributed by atoms with van der Waals surface area (Å²) in [5.41, 5.74) is 0.937. The number of nitrogens with one attached hydrogen (secondary N) is 1. The average Bonchev–Trinajstić information content (AvgIpc) is 2.37. The number of nitrogens with zero attached hydrogens (tertiary/aromatic N) is 1. The van der Waals surface area contributed by atoms with Gasteiger partial charge in [-0.2, -0.15) is 0 Å². The van der Waals surface area contributed by atoms with Crippen LogP contribution in [-0.4, -0.2) is 57.7 Å². The van der Waals surface area contributed by atoms with E-state index in [0.717, 1.165) is 18.4 Å². The third-order valence-electron chi connectivity index (χ3n) is 3.12. The molecule has 0 aromatic carbocycles. The van der Waals surface area contributed by atoms with Crippen molar-refractivity contribution in [1.82, 2.24) is 9.62 Å². The van der Waals surface area contributed by atoms with Gasteiger partial charge in [-0.1, -0.05) is 12.2 Å². The lowest BCUT2D eigenvalue weighted by Gasteiger charge is -2.30. The Hall–Kier alpha value is -0.920. The van der Waals surface area contributed by atoms with Gasteiger partial charge in [0.2, 0.25) is 15.9 Å². The molecule has 20 heavy (non-hydrogen) atoms. The third-order valence-corrected chi connectivity index (χ3v) is 4.39. The van der Waals surface area contributed by atoms with E-state index in [1.54, 1.807) is 0 Å². The molecule has 1 fully saturated rings. The summed E-state index contributed by atoms with van der Waals surface area (Å²) in [5.74, 6) is -0.364. The molecule has 0 aromatic rings. The average molecular weight is 304 g/mol. The second-order valence-corrected chi connectivity index (χ2v) is 7.24. The zero-order valence-corrected chi connectivity index (χ0v) is 13.0. The molecule has 1 N–H and O–H groups in total. The largest absolute Gasteiger partial charge is 0.375 e. The Morgan fingerprint density at radius 2 is 2.20 bits per heavy atom. The number of hydrogen-bond donors (Lipinski definition) is 1. The van der Waals surface area contributed by atoms with E-state index >= 15 is 0 Å². The highest BCUT2D eigenvalue weighted by atomic mass is 32.2. The predicted octanol–water partition coefficient (Wildman–Crippen LogP) is 0.367. The van der Waals surface area contributed by atoms with Gasteiger partial charge in [0, 0.05) is 19.6 Å². The molecule has 0 bridgehead atoms. The van der Waals surface area contributed by atoms with Crippen molar-refractivity contribution in [1.29, 1.82) is 0 Å². The minimum absolute atomic E-state index is 0.0997. The Kier molecular flexibility index (Phi) is 6.64. The molecule has 1 amide bonds. The van der Waals surface area contributed by atoms with Crippen LogP contribution in [0.5, 0.6) is 0 Å². The van der Waals surface area contributed by atoms with E-state index in [1.165, 1.54) is 10.6 Å². The highest BCUT2D eigenvalue weighted by Crippen LogP contribution is 2.18. The van der Waals surface area contributed by atoms with Gasteiger partial charge in [0.25, 0.3) is 0 Å². The lowest BCUT2D eigenvalue weighted by molar-refractivity contribution is -0.126. The van der Waals surface area contributed by atoms with E-state index in [-0.39, 0.29) is 18.4 Å². The fraction of sp³-hybridized carbons (Fsp3) is 0.769. The molecule has 1 aliphatic rings. The molecule has 1 unspecified atom stereocenters. The maximum atomic E-state index is 12.0. The lowest BCUT2D eigenvalue weighted by Crippen LogP contribution is -2.45. The summed E-state index contributed by atoms with van der Waals surface area (Å²) in [6, 6.07) is 0. The first-order valence-corrected chi connectivity index (χ1v) is 8.60. The van der Waals surface area contributed by atoms with Gasteiger partial charge in [0.15, 0.2) is 0 Å². The minimum atomic E-state index is -3.21. The van der Waals surface area contributed by atoms with Gasteiger partial charge in [0.05, 0.1) is 25.4 Å². The van der Waals surface area contributed by atoms with Crippen molar-refractivity contribution in [3.63, 3.8) is 0 Å². The van der Waals surface area contributed by atoms with Crippen LogP contribution in [0.2, 0.25) is 0 Å². The van der Waals surface area contributed by atoms with Gasteiger partial charge in [-0.15, -0.1) is 0 Å². The highest BCUT2D eigenvalue weighted by molar-refractivity contribution is 7.88. The number of hydrogen-bond acceptors (Lipinski definition) is 4. The van der Waals surface area contributed by atoms with Crippen molar-refractivity contribution in [2.75, 3.05) is 39.1 Å². The fourth-order valence-corrected chi connectivity index (χ4v) is 3.01. The molecule has 0 aromatic heterocycles. The molecule has 1 saturated heterocycles. The Morgan fingerprint density at radius 1 is 1.50 bits per heavy atom. The number of piperidine rings is 1. The van der Waals surface area contributed by atoms with Crippen molar-refractivity contribution < 1.29 is 17.9 Å². The van der Waals surface area contributed by atoms with Crippen molar-refractivity contribution in [3.05, 3.63) is 12.2 Å². The number of carbonyl (C=O) groups is 1. The van der Waals surface area contributed by atoms with Crippen molar-refractivity contribution in [2.45, 2.75) is 19.8 Å². The molecule has 0 saturated carbocycles. The number of ether oxygens (including phenoxy) is 1.